The number of hydrogen-bond donors (Lipinski definition) is 1. The number of rotatable bonds is 6. The van der Waals surface area contributed by atoms with Gasteiger partial charge in [0.05, 0.1) is 0 Å². The topological polar surface area (TPSA) is 18.5 Å². The van der Waals surface area contributed by atoms with E-state index in [0.29, 0.717) is 0 Å². The van der Waals surface area contributed by atoms with E-state index in [9.17, 15) is 0 Å². The normalized spacial score (nSPS) is 23.6. The minimum atomic E-state index is 0.860. The van der Waals surface area contributed by atoms with Crippen LogP contribution in [0.2, 0.25) is 0 Å². The molecule has 2 fully saturated rings. The zero-order chi connectivity index (χ0) is 13.5. The van der Waals surface area contributed by atoms with Crippen molar-refractivity contribution in [3.8, 4) is 0 Å². The molecule has 3 nitrogen and oxygen atoms in total. The van der Waals surface area contributed by atoms with Crippen LogP contribution < -0.4 is 5.32 Å². The molecule has 0 aromatic heterocycles. The van der Waals surface area contributed by atoms with Crippen molar-refractivity contribution in [2.24, 2.45) is 0 Å². The van der Waals surface area contributed by atoms with Crippen LogP contribution in [0.5, 0.6) is 0 Å². The van der Waals surface area contributed by atoms with Crippen molar-refractivity contribution in [1.29, 1.82) is 0 Å². The molecule has 0 aromatic rings. The molecule has 0 spiro atoms. The summed E-state index contributed by atoms with van der Waals surface area (Å²) in [5.41, 5.74) is 1.33. The molecule has 0 aliphatic carbocycles. The van der Waals surface area contributed by atoms with Crippen LogP contribution in [0, 0.1) is 0 Å². The largest absolute Gasteiger partial charge is 0.313 e. The molecule has 2 heterocycles. The highest BCUT2D eigenvalue weighted by molar-refractivity contribution is 5.00. The smallest absolute Gasteiger partial charge is 0.0202 e. The second-order valence-corrected chi connectivity index (χ2v) is 6.13. The quantitative estimate of drug-likeness (QED) is 0.742. The number of likely N-dealkylation sites (tertiary alicyclic amines) is 2. The molecule has 1 N–H and O–H groups in total. The van der Waals surface area contributed by atoms with Gasteiger partial charge >= 0.3 is 0 Å². The summed E-state index contributed by atoms with van der Waals surface area (Å²) in [6, 6.07) is 0.860. The maximum Gasteiger partial charge on any atom is 0.0202 e. The zero-order valence-electron chi connectivity index (χ0n) is 12.7. The van der Waals surface area contributed by atoms with E-state index in [2.05, 4.69) is 28.6 Å². The minimum Gasteiger partial charge on any atom is -0.313 e. The first-order valence-electron chi connectivity index (χ1n) is 8.13. The molecule has 2 aliphatic rings. The highest BCUT2D eigenvalue weighted by Crippen LogP contribution is 2.21. The fraction of sp³-hybridized carbons (Fsp3) is 0.875. The van der Waals surface area contributed by atoms with Gasteiger partial charge in [0.25, 0.3) is 0 Å². The van der Waals surface area contributed by atoms with Crippen molar-refractivity contribution in [2.45, 2.75) is 45.1 Å². The summed E-state index contributed by atoms with van der Waals surface area (Å²) >= 11 is 0. The van der Waals surface area contributed by atoms with Gasteiger partial charge in [-0.3, -0.25) is 4.90 Å². The average molecular weight is 265 g/mol. The molecule has 0 amide bonds. The monoisotopic (exact) mass is 265 g/mol. The van der Waals surface area contributed by atoms with Crippen molar-refractivity contribution in [3.05, 3.63) is 12.2 Å². The molecule has 0 saturated carbocycles. The third kappa shape index (κ3) is 4.90. The Morgan fingerprint density at radius 1 is 1.11 bits per heavy atom. The van der Waals surface area contributed by atoms with Crippen molar-refractivity contribution in [2.75, 3.05) is 45.8 Å². The second kappa shape index (κ2) is 8.03. The van der Waals surface area contributed by atoms with E-state index in [1.807, 2.05) is 0 Å². The summed E-state index contributed by atoms with van der Waals surface area (Å²) in [5.74, 6) is 0. The lowest BCUT2D eigenvalue weighted by molar-refractivity contribution is 0.0963. The van der Waals surface area contributed by atoms with Crippen LogP contribution in [0.25, 0.3) is 0 Å². The molecule has 2 rings (SSSR count). The van der Waals surface area contributed by atoms with Gasteiger partial charge in [0.15, 0.2) is 0 Å². The molecular formula is C16H31N3. The third-order valence-corrected chi connectivity index (χ3v) is 4.54. The molecule has 2 saturated heterocycles. The van der Waals surface area contributed by atoms with Crippen molar-refractivity contribution in [3.63, 3.8) is 0 Å². The highest BCUT2D eigenvalue weighted by Gasteiger charge is 2.25. The van der Waals surface area contributed by atoms with E-state index in [-0.39, 0.29) is 0 Å². The lowest BCUT2D eigenvalue weighted by atomic mass is 9.99. The molecule has 19 heavy (non-hydrogen) atoms. The Morgan fingerprint density at radius 2 is 1.79 bits per heavy atom. The Morgan fingerprint density at radius 3 is 2.42 bits per heavy atom. The van der Waals surface area contributed by atoms with Crippen LogP contribution in [-0.4, -0.2) is 61.7 Å². The van der Waals surface area contributed by atoms with Gasteiger partial charge < -0.3 is 10.2 Å². The first-order valence-corrected chi connectivity index (χ1v) is 8.13. The van der Waals surface area contributed by atoms with E-state index in [4.69, 9.17) is 0 Å². The SMILES string of the molecule is C=C(CNCC)CN1CCC(N2CCCCC2)CC1. The van der Waals surface area contributed by atoms with E-state index in [1.165, 1.54) is 63.9 Å². The van der Waals surface area contributed by atoms with E-state index in [0.717, 1.165) is 25.7 Å². The van der Waals surface area contributed by atoms with Crippen LogP contribution in [0.4, 0.5) is 0 Å². The van der Waals surface area contributed by atoms with E-state index >= 15 is 0 Å². The molecule has 0 aromatic carbocycles. The summed E-state index contributed by atoms with van der Waals surface area (Å²) < 4.78 is 0. The number of piperidine rings is 2. The predicted molar refractivity (Wildman–Crippen MR) is 82.6 cm³/mol. The van der Waals surface area contributed by atoms with Gasteiger partial charge in [-0.05, 0) is 64.0 Å². The van der Waals surface area contributed by atoms with Crippen LogP contribution in [0.3, 0.4) is 0 Å². The number of nitrogens with zero attached hydrogens (tertiary/aromatic N) is 2. The third-order valence-electron chi connectivity index (χ3n) is 4.54. The van der Waals surface area contributed by atoms with Crippen molar-refractivity contribution >= 4 is 0 Å². The first-order chi connectivity index (χ1) is 9.29. The maximum atomic E-state index is 4.18. The van der Waals surface area contributed by atoms with Gasteiger partial charge in [-0.25, -0.2) is 0 Å². The summed E-state index contributed by atoms with van der Waals surface area (Å²) in [4.78, 5) is 5.33. The average Bonchev–Trinajstić information content (AvgIpc) is 2.47. The summed E-state index contributed by atoms with van der Waals surface area (Å²) in [6.07, 6.45) is 6.99. The minimum absolute atomic E-state index is 0.860. The zero-order valence-corrected chi connectivity index (χ0v) is 12.7. The number of likely N-dealkylation sites (N-methyl/N-ethyl adjacent to an activating group) is 1. The fourth-order valence-electron chi connectivity index (χ4n) is 3.40. The van der Waals surface area contributed by atoms with Gasteiger partial charge in [-0.1, -0.05) is 19.9 Å². The van der Waals surface area contributed by atoms with E-state index < -0.39 is 0 Å². The fourth-order valence-corrected chi connectivity index (χ4v) is 3.40. The Bertz CT molecular complexity index is 263. The molecule has 0 bridgehead atoms. The number of nitrogens with one attached hydrogen (secondary N) is 1. The van der Waals surface area contributed by atoms with Crippen LogP contribution in [0.15, 0.2) is 12.2 Å². The standard InChI is InChI=1S/C16H31N3/c1-3-17-13-15(2)14-18-11-7-16(8-12-18)19-9-5-4-6-10-19/h16-17H,2-14H2,1H3. The second-order valence-electron chi connectivity index (χ2n) is 6.13. The van der Waals surface area contributed by atoms with Crippen LogP contribution in [0.1, 0.15) is 39.0 Å². The number of hydrogen-bond acceptors (Lipinski definition) is 3. The Hall–Kier alpha value is -0.380. The van der Waals surface area contributed by atoms with Gasteiger partial charge in [0.1, 0.15) is 0 Å². The molecule has 110 valence electrons. The van der Waals surface area contributed by atoms with Crippen LogP contribution >= 0.6 is 0 Å². The molecule has 3 heteroatoms. The van der Waals surface area contributed by atoms with E-state index in [1.54, 1.807) is 0 Å². The molecule has 0 atom stereocenters. The van der Waals surface area contributed by atoms with Crippen molar-refractivity contribution < 1.29 is 0 Å². The maximum absolute atomic E-state index is 4.18. The Labute approximate surface area is 119 Å². The lowest BCUT2D eigenvalue weighted by Gasteiger charge is -2.40. The van der Waals surface area contributed by atoms with Gasteiger partial charge in [0.2, 0.25) is 0 Å². The molecular weight excluding hydrogens is 234 g/mol. The summed E-state index contributed by atoms with van der Waals surface area (Å²) in [5, 5.41) is 3.36. The predicted octanol–water partition coefficient (Wildman–Crippen LogP) is 2.10. The molecule has 0 radical (unpaired) electrons. The first kappa shape index (κ1) is 15.0. The molecule has 2 aliphatic heterocycles. The van der Waals surface area contributed by atoms with Crippen molar-refractivity contribution in [1.82, 2.24) is 15.1 Å². The highest BCUT2D eigenvalue weighted by atomic mass is 15.2. The Balaban J connectivity index is 1.65. The Kier molecular flexibility index (Phi) is 6.35. The van der Waals surface area contributed by atoms with Crippen LogP contribution in [-0.2, 0) is 0 Å². The lowest BCUT2D eigenvalue weighted by Crippen LogP contribution is -2.47. The van der Waals surface area contributed by atoms with Gasteiger partial charge in [-0.15, -0.1) is 0 Å². The van der Waals surface area contributed by atoms with Gasteiger partial charge in [-0.2, -0.15) is 0 Å². The molecule has 0 unspecified atom stereocenters. The summed E-state index contributed by atoms with van der Waals surface area (Å²) in [6.45, 7) is 14.6. The summed E-state index contributed by atoms with van der Waals surface area (Å²) in [7, 11) is 0. The van der Waals surface area contributed by atoms with Gasteiger partial charge in [0, 0.05) is 19.1 Å².